The van der Waals surface area contributed by atoms with Crippen molar-refractivity contribution in [2.24, 2.45) is 0 Å². The van der Waals surface area contributed by atoms with Gasteiger partial charge in [-0.05, 0) is 6.92 Å². The van der Waals surface area contributed by atoms with Gasteiger partial charge in [-0.25, -0.2) is 0 Å². The van der Waals surface area contributed by atoms with Gasteiger partial charge in [0.15, 0.2) is 0 Å². The van der Waals surface area contributed by atoms with Gasteiger partial charge in [0.2, 0.25) is 5.91 Å². The number of hydrogen-bond donors (Lipinski definition) is 1. The first-order valence-electron chi connectivity index (χ1n) is 3.93. The van der Waals surface area contributed by atoms with E-state index in [9.17, 15) is 4.79 Å². The van der Waals surface area contributed by atoms with Crippen LogP contribution in [0.1, 0.15) is 11.5 Å². The lowest BCUT2D eigenvalue weighted by atomic mass is 10.4. The monoisotopic (exact) mass is 184 g/mol. The van der Waals surface area contributed by atoms with Gasteiger partial charge in [0.25, 0.3) is 0 Å². The van der Waals surface area contributed by atoms with Crippen molar-refractivity contribution in [2.75, 3.05) is 13.7 Å². The molecule has 0 saturated carbocycles. The van der Waals surface area contributed by atoms with Crippen LogP contribution < -0.4 is 5.32 Å². The van der Waals surface area contributed by atoms with E-state index in [0.29, 0.717) is 12.3 Å². The van der Waals surface area contributed by atoms with E-state index in [1.54, 1.807) is 20.0 Å². The largest absolute Gasteiger partial charge is 0.365 e. The first-order chi connectivity index (χ1) is 6.22. The normalized spacial score (nSPS) is 10.0. The van der Waals surface area contributed by atoms with Crippen LogP contribution in [0.25, 0.3) is 0 Å². The molecule has 0 bridgehead atoms. The van der Waals surface area contributed by atoms with E-state index < -0.39 is 0 Å². The van der Waals surface area contributed by atoms with Crippen LogP contribution in [0.5, 0.6) is 0 Å². The molecule has 5 nitrogen and oxygen atoms in total. The van der Waals surface area contributed by atoms with Crippen molar-refractivity contribution in [1.82, 2.24) is 10.5 Å². The Bertz CT molecular complexity index is 283. The minimum Gasteiger partial charge on any atom is -0.365 e. The van der Waals surface area contributed by atoms with Gasteiger partial charge in [0.05, 0.1) is 6.61 Å². The van der Waals surface area contributed by atoms with E-state index in [4.69, 9.17) is 9.26 Å². The molecule has 1 heterocycles. The first kappa shape index (κ1) is 9.73. The van der Waals surface area contributed by atoms with Gasteiger partial charge in [0.1, 0.15) is 18.1 Å². The maximum atomic E-state index is 10.7. The second kappa shape index (κ2) is 4.61. The van der Waals surface area contributed by atoms with Gasteiger partial charge in [-0.3, -0.25) is 4.79 Å². The number of carbonyl (C=O) groups excluding carboxylic acids is 1. The Labute approximate surface area is 76.0 Å². The molecule has 5 heteroatoms. The van der Waals surface area contributed by atoms with Crippen molar-refractivity contribution in [3.63, 3.8) is 0 Å². The zero-order chi connectivity index (χ0) is 9.68. The van der Waals surface area contributed by atoms with E-state index in [0.717, 1.165) is 5.76 Å². The summed E-state index contributed by atoms with van der Waals surface area (Å²) in [6.07, 6.45) is 0. The summed E-state index contributed by atoms with van der Waals surface area (Å²) in [5, 5.41) is 6.16. The molecule has 0 radical (unpaired) electrons. The van der Waals surface area contributed by atoms with Crippen LogP contribution in [0.4, 0.5) is 0 Å². The fraction of sp³-hybridized carbons (Fsp3) is 0.500. The van der Waals surface area contributed by atoms with Crippen molar-refractivity contribution in [3.05, 3.63) is 17.5 Å². The molecule has 0 spiro atoms. The summed E-state index contributed by atoms with van der Waals surface area (Å²) in [6.45, 7) is 2.14. The Kier molecular flexibility index (Phi) is 3.45. The van der Waals surface area contributed by atoms with Crippen LogP contribution in [0.3, 0.4) is 0 Å². The Morgan fingerprint density at radius 2 is 2.54 bits per heavy atom. The van der Waals surface area contributed by atoms with Crippen molar-refractivity contribution >= 4 is 5.91 Å². The van der Waals surface area contributed by atoms with Crippen molar-refractivity contribution in [2.45, 2.75) is 13.5 Å². The average Bonchev–Trinajstić information content (AvgIpc) is 2.51. The number of hydrogen-bond acceptors (Lipinski definition) is 4. The van der Waals surface area contributed by atoms with Crippen LogP contribution in [0.15, 0.2) is 10.6 Å². The smallest absolute Gasteiger partial charge is 0.245 e. The van der Waals surface area contributed by atoms with E-state index in [-0.39, 0.29) is 12.5 Å². The Hall–Kier alpha value is -1.36. The third-order valence-corrected chi connectivity index (χ3v) is 1.44. The van der Waals surface area contributed by atoms with Crippen LogP contribution in [0.2, 0.25) is 0 Å². The van der Waals surface area contributed by atoms with E-state index >= 15 is 0 Å². The van der Waals surface area contributed by atoms with Crippen LogP contribution in [0, 0.1) is 6.92 Å². The molecule has 0 aliphatic rings. The number of likely N-dealkylation sites (N-methyl/N-ethyl adjacent to an activating group) is 1. The number of nitrogens with one attached hydrogen (secondary N) is 1. The van der Waals surface area contributed by atoms with E-state index in [2.05, 4.69) is 10.5 Å². The number of aryl methyl sites for hydroxylation is 1. The highest BCUT2D eigenvalue weighted by molar-refractivity contribution is 5.76. The van der Waals surface area contributed by atoms with Crippen molar-refractivity contribution < 1.29 is 14.1 Å². The van der Waals surface area contributed by atoms with Crippen molar-refractivity contribution in [3.8, 4) is 0 Å². The summed E-state index contributed by atoms with van der Waals surface area (Å²) < 4.78 is 9.87. The molecule has 0 unspecified atom stereocenters. The number of carbonyl (C=O) groups is 1. The highest BCUT2D eigenvalue weighted by atomic mass is 16.5. The number of ether oxygens (including phenoxy) is 1. The molecule has 1 amide bonds. The third-order valence-electron chi connectivity index (χ3n) is 1.44. The molecule has 1 rings (SSSR count). The molecule has 1 aromatic rings. The Morgan fingerprint density at radius 3 is 3.08 bits per heavy atom. The summed E-state index contributed by atoms with van der Waals surface area (Å²) >= 11 is 0. The number of amides is 1. The number of aromatic nitrogens is 1. The zero-order valence-corrected chi connectivity index (χ0v) is 7.66. The number of nitrogens with zero attached hydrogens (tertiary/aromatic N) is 1. The second-order valence-electron chi connectivity index (χ2n) is 2.59. The highest BCUT2D eigenvalue weighted by Crippen LogP contribution is 2.02. The molecule has 0 aromatic carbocycles. The second-order valence-corrected chi connectivity index (χ2v) is 2.59. The van der Waals surface area contributed by atoms with E-state index in [1.807, 2.05) is 0 Å². The molecule has 0 fully saturated rings. The molecule has 72 valence electrons. The molecule has 1 aromatic heterocycles. The van der Waals surface area contributed by atoms with Gasteiger partial charge < -0.3 is 14.6 Å². The third kappa shape index (κ3) is 3.25. The van der Waals surface area contributed by atoms with Gasteiger partial charge in [-0.15, -0.1) is 0 Å². The lowest BCUT2D eigenvalue weighted by Crippen LogP contribution is -2.23. The highest BCUT2D eigenvalue weighted by Gasteiger charge is 2.01. The predicted molar refractivity (Wildman–Crippen MR) is 45.0 cm³/mol. The molecule has 0 aliphatic heterocycles. The van der Waals surface area contributed by atoms with Crippen molar-refractivity contribution in [1.29, 1.82) is 0 Å². The van der Waals surface area contributed by atoms with Crippen LogP contribution in [-0.2, 0) is 16.1 Å². The van der Waals surface area contributed by atoms with Crippen LogP contribution >= 0.6 is 0 Å². The van der Waals surface area contributed by atoms with E-state index in [1.165, 1.54) is 0 Å². The summed E-state index contributed by atoms with van der Waals surface area (Å²) in [5.74, 6) is 0.582. The average molecular weight is 184 g/mol. The quantitative estimate of drug-likeness (QED) is 0.728. The summed E-state index contributed by atoms with van der Waals surface area (Å²) in [5.41, 5.74) is 0.696. The number of rotatable bonds is 4. The van der Waals surface area contributed by atoms with Gasteiger partial charge in [0, 0.05) is 13.1 Å². The maximum absolute atomic E-state index is 10.7. The molecule has 0 aliphatic carbocycles. The zero-order valence-electron chi connectivity index (χ0n) is 7.66. The topological polar surface area (TPSA) is 64.4 Å². The fourth-order valence-electron chi connectivity index (χ4n) is 0.806. The maximum Gasteiger partial charge on any atom is 0.245 e. The van der Waals surface area contributed by atoms with Gasteiger partial charge in [-0.1, -0.05) is 5.16 Å². The molecule has 0 saturated heterocycles. The summed E-state index contributed by atoms with van der Waals surface area (Å²) in [6, 6.07) is 1.77. The summed E-state index contributed by atoms with van der Waals surface area (Å²) in [7, 11) is 1.56. The van der Waals surface area contributed by atoms with Gasteiger partial charge in [-0.2, -0.15) is 0 Å². The molecular weight excluding hydrogens is 172 g/mol. The van der Waals surface area contributed by atoms with Crippen LogP contribution in [-0.4, -0.2) is 24.7 Å². The summed E-state index contributed by atoms with van der Waals surface area (Å²) in [4.78, 5) is 10.7. The Balaban J connectivity index is 2.24. The fourth-order valence-corrected chi connectivity index (χ4v) is 0.806. The SMILES string of the molecule is CNC(=O)COCc1cc(C)on1. The lowest BCUT2D eigenvalue weighted by molar-refractivity contribution is -0.125. The molecule has 13 heavy (non-hydrogen) atoms. The standard InChI is InChI=1S/C8H12N2O3/c1-6-3-7(10-13-6)4-12-5-8(11)9-2/h3H,4-5H2,1-2H3,(H,9,11). The predicted octanol–water partition coefficient (Wildman–Crippen LogP) is 0.246. The Morgan fingerprint density at radius 1 is 1.77 bits per heavy atom. The minimum atomic E-state index is -0.153. The molecule has 1 N–H and O–H groups in total. The lowest BCUT2D eigenvalue weighted by Gasteiger charge is -1.99. The first-order valence-corrected chi connectivity index (χ1v) is 3.93. The molecule has 0 atom stereocenters. The molecular formula is C8H12N2O3. The van der Waals surface area contributed by atoms with Gasteiger partial charge >= 0.3 is 0 Å². The minimum absolute atomic E-state index is 0.0441.